The highest BCUT2D eigenvalue weighted by atomic mass is 35.5. The van der Waals surface area contributed by atoms with Crippen molar-refractivity contribution in [2.24, 2.45) is 5.92 Å². The Balaban J connectivity index is 2.14. The molecule has 1 N–H and O–H groups in total. The van der Waals surface area contributed by atoms with Gasteiger partial charge in [0.1, 0.15) is 5.92 Å². The molecule has 124 valence electrons. The number of carbonyl (C=O) groups is 2. The average Bonchev–Trinajstić information content (AvgIpc) is 2.54. The third kappa shape index (κ3) is 3.12. The molecule has 0 fully saturated rings. The van der Waals surface area contributed by atoms with E-state index in [1.165, 1.54) is 0 Å². The molecule has 2 aromatic carbocycles. The zero-order valence-electron chi connectivity index (χ0n) is 12.9. The number of hydrogen-bond acceptors (Lipinski definition) is 3. The third-order valence-electron chi connectivity index (χ3n) is 3.99. The molecule has 1 amide bonds. The molecule has 2 aromatic rings. The molecule has 0 radical (unpaired) electrons. The number of amides is 1. The molecule has 4 nitrogen and oxygen atoms in total. The first-order valence-electron chi connectivity index (χ1n) is 7.53. The molecule has 0 spiro atoms. The quantitative estimate of drug-likeness (QED) is 0.654. The van der Waals surface area contributed by atoms with E-state index in [1.807, 2.05) is 18.2 Å². The number of ether oxygens (including phenoxy) is 1. The van der Waals surface area contributed by atoms with E-state index in [4.69, 9.17) is 27.9 Å². The number of hydrogen-bond donors (Lipinski definition) is 1. The van der Waals surface area contributed by atoms with Gasteiger partial charge >= 0.3 is 5.97 Å². The van der Waals surface area contributed by atoms with Crippen LogP contribution in [-0.4, -0.2) is 18.5 Å². The number of carbonyl (C=O) groups excluding carboxylic acids is 2. The van der Waals surface area contributed by atoms with Crippen LogP contribution in [0, 0.1) is 5.92 Å². The third-order valence-corrected chi connectivity index (χ3v) is 4.48. The van der Waals surface area contributed by atoms with Gasteiger partial charge < -0.3 is 10.1 Å². The van der Waals surface area contributed by atoms with Crippen molar-refractivity contribution < 1.29 is 14.3 Å². The minimum absolute atomic E-state index is 0.212. The van der Waals surface area contributed by atoms with Crippen LogP contribution in [0.2, 0.25) is 10.0 Å². The number of halogens is 2. The molecule has 2 atom stereocenters. The molecule has 6 heteroatoms. The molecule has 0 bridgehead atoms. The van der Waals surface area contributed by atoms with E-state index in [9.17, 15) is 9.59 Å². The van der Waals surface area contributed by atoms with E-state index >= 15 is 0 Å². The number of esters is 1. The van der Waals surface area contributed by atoms with E-state index in [-0.39, 0.29) is 6.61 Å². The maximum atomic E-state index is 12.6. The van der Waals surface area contributed by atoms with Crippen molar-refractivity contribution in [1.82, 2.24) is 0 Å². The first kappa shape index (κ1) is 16.8. The molecule has 1 aliphatic heterocycles. The van der Waals surface area contributed by atoms with Gasteiger partial charge in [0.2, 0.25) is 5.91 Å². The molecule has 0 saturated heterocycles. The molecule has 3 rings (SSSR count). The van der Waals surface area contributed by atoms with Gasteiger partial charge in [-0.25, -0.2) is 0 Å². The highest BCUT2D eigenvalue weighted by Gasteiger charge is 2.42. The molecule has 24 heavy (non-hydrogen) atoms. The lowest BCUT2D eigenvalue weighted by atomic mass is 9.77. The highest BCUT2D eigenvalue weighted by Crippen LogP contribution is 2.42. The number of rotatable bonds is 3. The van der Waals surface area contributed by atoms with E-state index in [2.05, 4.69) is 5.32 Å². The van der Waals surface area contributed by atoms with Crippen molar-refractivity contribution in [3.63, 3.8) is 0 Å². The molecule has 1 aliphatic rings. The van der Waals surface area contributed by atoms with Crippen molar-refractivity contribution >= 4 is 40.8 Å². The SMILES string of the molecule is CCOC(=O)C1C(=O)Nc2cc(Cl)ccc2C1c1ccc(Cl)cc1. The van der Waals surface area contributed by atoms with Crippen molar-refractivity contribution in [2.75, 3.05) is 11.9 Å². The van der Waals surface area contributed by atoms with Gasteiger partial charge in [-0.05, 0) is 42.3 Å². The summed E-state index contributed by atoms with van der Waals surface area (Å²) >= 11 is 12.0. The Morgan fingerprint density at radius 2 is 1.79 bits per heavy atom. The Morgan fingerprint density at radius 1 is 1.12 bits per heavy atom. The largest absolute Gasteiger partial charge is 0.465 e. The van der Waals surface area contributed by atoms with Crippen LogP contribution in [-0.2, 0) is 14.3 Å². The standard InChI is InChI=1S/C18H15Cl2NO3/c1-2-24-18(23)16-15(10-3-5-11(19)6-4-10)13-8-7-12(20)9-14(13)21-17(16)22/h3-9,15-16H,2H2,1H3,(H,21,22). The maximum absolute atomic E-state index is 12.6. The van der Waals surface area contributed by atoms with Gasteiger partial charge in [-0.15, -0.1) is 0 Å². The van der Waals surface area contributed by atoms with Crippen LogP contribution in [0.4, 0.5) is 5.69 Å². The van der Waals surface area contributed by atoms with Crippen LogP contribution >= 0.6 is 23.2 Å². The van der Waals surface area contributed by atoms with Crippen LogP contribution < -0.4 is 5.32 Å². The van der Waals surface area contributed by atoms with Gasteiger partial charge in [-0.3, -0.25) is 9.59 Å². The van der Waals surface area contributed by atoms with Gasteiger partial charge in [0.15, 0.2) is 0 Å². The lowest BCUT2D eigenvalue weighted by Gasteiger charge is -2.32. The van der Waals surface area contributed by atoms with Crippen molar-refractivity contribution in [2.45, 2.75) is 12.8 Å². The summed E-state index contributed by atoms with van der Waals surface area (Å²) < 4.78 is 5.11. The second-order valence-electron chi connectivity index (χ2n) is 5.48. The zero-order valence-corrected chi connectivity index (χ0v) is 14.4. The predicted octanol–water partition coefficient (Wildman–Crippen LogP) is 4.26. The van der Waals surface area contributed by atoms with Gasteiger partial charge in [-0.2, -0.15) is 0 Å². The normalized spacial score (nSPS) is 19.4. The van der Waals surface area contributed by atoms with E-state index in [0.29, 0.717) is 15.7 Å². The first-order chi connectivity index (χ1) is 11.5. The van der Waals surface area contributed by atoms with Crippen molar-refractivity contribution in [1.29, 1.82) is 0 Å². The molecule has 0 aromatic heterocycles. The van der Waals surface area contributed by atoms with Crippen molar-refractivity contribution in [3.05, 3.63) is 63.6 Å². The molecule has 1 heterocycles. The van der Waals surface area contributed by atoms with Crippen molar-refractivity contribution in [3.8, 4) is 0 Å². The lowest BCUT2D eigenvalue weighted by molar-refractivity contribution is -0.151. The lowest BCUT2D eigenvalue weighted by Crippen LogP contribution is -2.40. The fraction of sp³-hybridized carbons (Fsp3) is 0.222. The van der Waals surface area contributed by atoms with Crippen LogP contribution in [0.15, 0.2) is 42.5 Å². The highest BCUT2D eigenvalue weighted by molar-refractivity contribution is 6.31. The van der Waals surface area contributed by atoms with Gasteiger partial charge in [0.25, 0.3) is 0 Å². The Hall–Kier alpha value is -2.04. The van der Waals surface area contributed by atoms with Crippen LogP contribution in [0.25, 0.3) is 0 Å². The number of anilines is 1. The zero-order chi connectivity index (χ0) is 17.3. The van der Waals surface area contributed by atoms with Crippen LogP contribution in [0.1, 0.15) is 24.0 Å². The molecular weight excluding hydrogens is 349 g/mol. The summed E-state index contributed by atoms with van der Waals surface area (Å²) in [5, 5.41) is 3.85. The molecule has 2 unspecified atom stereocenters. The van der Waals surface area contributed by atoms with E-state index in [0.717, 1.165) is 11.1 Å². The summed E-state index contributed by atoms with van der Waals surface area (Å²) in [4.78, 5) is 25.0. The molecule has 0 saturated carbocycles. The predicted molar refractivity (Wildman–Crippen MR) is 93.5 cm³/mol. The fourth-order valence-corrected chi connectivity index (χ4v) is 3.26. The second-order valence-corrected chi connectivity index (χ2v) is 6.35. The summed E-state index contributed by atoms with van der Waals surface area (Å²) in [6.45, 7) is 1.92. The summed E-state index contributed by atoms with van der Waals surface area (Å²) in [7, 11) is 0. The van der Waals surface area contributed by atoms with E-state index in [1.54, 1.807) is 31.2 Å². The molecular formula is C18H15Cl2NO3. The van der Waals surface area contributed by atoms with Crippen LogP contribution in [0.3, 0.4) is 0 Å². The Bertz CT molecular complexity index is 789. The van der Waals surface area contributed by atoms with Gasteiger partial charge in [0.05, 0.1) is 6.61 Å². The van der Waals surface area contributed by atoms with E-state index < -0.39 is 23.7 Å². The smallest absolute Gasteiger partial charge is 0.319 e. The van der Waals surface area contributed by atoms with Crippen LogP contribution in [0.5, 0.6) is 0 Å². The Kier molecular flexibility index (Phi) is 4.78. The number of benzene rings is 2. The summed E-state index contributed by atoms with van der Waals surface area (Å²) in [6, 6.07) is 12.3. The minimum Gasteiger partial charge on any atom is -0.465 e. The fourth-order valence-electron chi connectivity index (χ4n) is 2.97. The first-order valence-corrected chi connectivity index (χ1v) is 8.29. The number of nitrogens with one attached hydrogen (secondary N) is 1. The topological polar surface area (TPSA) is 55.4 Å². The Morgan fingerprint density at radius 3 is 2.46 bits per heavy atom. The summed E-state index contributed by atoms with van der Waals surface area (Å²) in [5.74, 6) is -2.36. The maximum Gasteiger partial charge on any atom is 0.319 e. The monoisotopic (exact) mass is 363 g/mol. The number of fused-ring (bicyclic) bond motifs is 1. The Labute approximate surface area is 149 Å². The average molecular weight is 364 g/mol. The second kappa shape index (κ2) is 6.83. The minimum atomic E-state index is -0.959. The summed E-state index contributed by atoms with van der Waals surface area (Å²) in [6.07, 6.45) is 0. The van der Waals surface area contributed by atoms with Gasteiger partial charge in [-0.1, -0.05) is 41.4 Å². The summed E-state index contributed by atoms with van der Waals surface area (Å²) in [5.41, 5.74) is 2.24. The molecule has 0 aliphatic carbocycles. The van der Waals surface area contributed by atoms with Gasteiger partial charge in [0, 0.05) is 21.7 Å².